The summed E-state index contributed by atoms with van der Waals surface area (Å²) >= 11 is 0. The molecule has 11 heteroatoms. The lowest BCUT2D eigenvalue weighted by atomic mass is 10.0. The number of hydrogen-bond donors (Lipinski definition) is 0. The highest BCUT2D eigenvalue weighted by atomic mass is 32.2. The SMILES string of the molecule is O=S1CC(n2cc(-c3ncnc4oc(-c5ccccc5C(F)(F)F)cc34)c(-c3ccc(F)cc3)n2)C1. The molecule has 0 saturated carbocycles. The van der Waals surface area contributed by atoms with E-state index in [-0.39, 0.29) is 23.1 Å². The third-order valence-corrected chi connectivity index (χ3v) is 7.58. The molecule has 1 fully saturated rings. The highest BCUT2D eigenvalue weighted by molar-refractivity contribution is 7.86. The lowest BCUT2D eigenvalue weighted by Crippen LogP contribution is -2.33. The van der Waals surface area contributed by atoms with Crippen molar-refractivity contribution in [3.63, 3.8) is 0 Å². The predicted octanol–water partition coefficient (Wildman–Crippen LogP) is 5.88. The first kappa shape index (κ1) is 22.6. The van der Waals surface area contributed by atoms with Crippen LogP contribution in [0.1, 0.15) is 11.6 Å². The Labute approximate surface area is 204 Å². The Morgan fingerprint density at radius 2 is 1.72 bits per heavy atom. The van der Waals surface area contributed by atoms with E-state index in [0.29, 0.717) is 39.4 Å². The normalized spacial score (nSPS) is 17.9. The van der Waals surface area contributed by atoms with E-state index in [1.165, 1.54) is 42.7 Å². The Kier molecular flexibility index (Phi) is 5.25. The molecule has 2 aromatic carbocycles. The average Bonchev–Trinajstić information content (AvgIpc) is 3.47. The summed E-state index contributed by atoms with van der Waals surface area (Å²) in [6.45, 7) is 0. The summed E-state index contributed by atoms with van der Waals surface area (Å²) in [5.41, 5.74) is 1.30. The van der Waals surface area contributed by atoms with Crippen LogP contribution in [-0.4, -0.2) is 35.5 Å². The van der Waals surface area contributed by atoms with E-state index in [9.17, 15) is 21.8 Å². The van der Waals surface area contributed by atoms with E-state index in [1.54, 1.807) is 23.0 Å². The van der Waals surface area contributed by atoms with Gasteiger partial charge in [-0.15, -0.1) is 0 Å². The zero-order valence-electron chi connectivity index (χ0n) is 18.4. The van der Waals surface area contributed by atoms with Gasteiger partial charge in [-0.2, -0.15) is 18.3 Å². The number of aromatic nitrogens is 4. The van der Waals surface area contributed by atoms with Crippen molar-refractivity contribution < 1.29 is 26.2 Å². The molecule has 6 nitrogen and oxygen atoms in total. The Morgan fingerprint density at radius 3 is 2.44 bits per heavy atom. The maximum absolute atomic E-state index is 13.6. The second-order valence-corrected chi connectivity index (χ2v) is 9.95. The van der Waals surface area contributed by atoms with E-state index in [1.807, 2.05) is 0 Å². The van der Waals surface area contributed by atoms with Gasteiger partial charge in [-0.05, 0) is 36.4 Å². The number of halogens is 4. The van der Waals surface area contributed by atoms with Crippen LogP contribution in [0.15, 0.2) is 71.5 Å². The third-order valence-electron chi connectivity index (χ3n) is 6.06. The van der Waals surface area contributed by atoms with Gasteiger partial charge < -0.3 is 4.42 Å². The van der Waals surface area contributed by atoms with Gasteiger partial charge in [0.05, 0.1) is 22.7 Å². The lowest BCUT2D eigenvalue weighted by molar-refractivity contribution is -0.137. The highest BCUT2D eigenvalue weighted by Crippen LogP contribution is 2.41. The van der Waals surface area contributed by atoms with Crippen molar-refractivity contribution in [3.8, 4) is 33.8 Å². The van der Waals surface area contributed by atoms with Crippen LogP contribution in [0.2, 0.25) is 0 Å². The Hall–Kier alpha value is -3.86. The molecule has 4 heterocycles. The van der Waals surface area contributed by atoms with Crippen molar-refractivity contribution in [2.24, 2.45) is 0 Å². The Balaban J connectivity index is 1.53. The number of hydrogen-bond acceptors (Lipinski definition) is 5. The van der Waals surface area contributed by atoms with E-state index in [2.05, 4.69) is 15.1 Å². The summed E-state index contributed by atoms with van der Waals surface area (Å²) in [6.07, 6.45) is -1.54. The van der Waals surface area contributed by atoms with Gasteiger partial charge in [0.1, 0.15) is 23.6 Å². The first-order chi connectivity index (χ1) is 17.3. The number of rotatable bonds is 4. The molecule has 5 aromatic rings. The monoisotopic (exact) mass is 512 g/mol. The van der Waals surface area contributed by atoms with Gasteiger partial charge >= 0.3 is 6.18 Å². The number of furan rings is 1. The smallest absolute Gasteiger partial charge is 0.417 e. The van der Waals surface area contributed by atoms with Crippen molar-refractivity contribution in [1.29, 1.82) is 0 Å². The number of alkyl halides is 3. The minimum absolute atomic E-state index is 0.00443. The fourth-order valence-corrected chi connectivity index (χ4v) is 5.32. The fourth-order valence-electron chi connectivity index (χ4n) is 4.25. The fraction of sp³-hybridized carbons (Fsp3) is 0.160. The topological polar surface area (TPSA) is 73.8 Å². The molecule has 1 saturated heterocycles. The second-order valence-electron chi connectivity index (χ2n) is 8.40. The van der Waals surface area contributed by atoms with Crippen LogP contribution in [0.25, 0.3) is 44.9 Å². The molecule has 3 aromatic heterocycles. The van der Waals surface area contributed by atoms with Crippen LogP contribution < -0.4 is 0 Å². The Morgan fingerprint density at radius 1 is 0.972 bits per heavy atom. The summed E-state index contributed by atoms with van der Waals surface area (Å²) in [4.78, 5) is 8.53. The standard InChI is InChI=1S/C25H16F4N4O2S/c26-15-7-5-14(6-8-15)22-19(10-33(32-22)16-11-36(34)12-16)23-18-9-21(35-24(18)31-13-30-23)17-3-1-2-4-20(17)25(27,28)29/h1-10,13,16H,11-12H2. The van der Waals surface area contributed by atoms with Gasteiger partial charge in [0.25, 0.3) is 0 Å². The van der Waals surface area contributed by atoms with Crippen LogP contribution in [0.3, 0.4) is 0 Å². The molecule has 0 aliphatic carbocycles. The molecule has 1 aliphatic rings. The summed E-state index contributed by atoms with van der Waals surface area (Å²) in [5, 5.41) is 5.09. The van der Waals surface area contributed by atoms with Crippen molar-refractivity contribution in [2.45, 2.75) is 12.2 Å². The molecular weight excluding hydrogens is 496 g/mol. The van der Waals surface area contributed by atoms with Crippen molar-refractivity contribution >= 4 is 21.9 Å². The summed E-state index contributed by atoms with van der Waals surface area (Å²) in [5.74, 6) is 0.534. The summed E-state index contributed by atoms with van der Waals surface area (Å²) in [6, 6.07) is 12.4. The summed E-state index contributed by atoms with van der Waals surface area (Å²) < 4.78 is 73.6. The lowest BCUT2D eigenvalue weighted by Gasteiger charge is -2.24. The van der Waals surface area contributed by atoms with Crippen molar-refractivity contribution in [1.82, 2.24) is 19.7 Å². The molecule has 0 radical (unpaired) electrons. The molecule has 6 rings (SSSR count). The van der Waals surface area contributed by atoms with Crippen LogP contribution in [0.5, 0.6) is 0 Å². The molecule has 182 valence electrons. The minimum atomic E-state index is -4.57. The zero-order valence-corrected chi connectivity index (χ0v) is 19.2. The van der Waals surface area contributed by atoms with E-state index in [4.69, 9.17) is 4.42 Å². The molecule has 0 bridgehead atoms. The van der Waals surface area contributed by atoms with Gasteiger partial charge in [0.15, 0.2) is 0 Å². The molecule has 36 heavy (non-hydrogen) atoms. The van der Waals surface area contributed by atoms with E-state index in [0.717, 1.165) is 6.07 Å². The van der Waals surface area contributed by atoms with Gasteiger partial charge in [-0.3, -0.25) is 8.89 Å². The van der Waals surface area contributed by atoms with Crippen LogP contribution in [-0.2, 0) is 17.0 Å². The molecule has 0 N–H and O–H groups in total. The minimum Gasteiger partial charge on any atom is -0.438 e. The van der Waals surface area contributed by atoms with Crippen molar-refractivity contribution in [2.75, 3.05) is 11.5 Å². The predicted molar refractivity (Wildman–Crippen MR) is 126 cm³/mol. The summed E-state index contributed by atoms with van der Waals surface area (Å²) in [7, 11) is -0.905. The first-order valence-electron chi connectivity index (χ1n) is 10.9. The third kappa shape index (κ3) is 3.89. The van der Waals surface area contributed by atoms with Gasteiger partial charge in [-0.1, -0.05) is 18.2 Å². The maximum Gasteiger partial charge on any atom is 0.417 e. The molecule has 0 spiro atoms. The number of nitrogens with zero attached hydrogens (tertiary/aromatic N) is 4. The van der Waals surface area contributed by atoms with E-state index < -0.39 is 28.4 Å². The Bertz CT molecular complexity index is 1620. The second kappa shape index (κ2) is 8.37. The molecular formula is C25H16F4N4O2S. The maximum atomic E-state index is 13.6. The molecule has 0 atom stereocenters. The molecule has 0 unspecified atom stereocenters. The van der Waals surface area contributed by atoms with Crippen molar-refractivity contribution in [3.05, 3.63) is 78.5 Å². The van der Waals surface area contributed by atoms with Crippen LogP contribution >= 0.6 is 0 Å². The zero-order chi connectivity index (χ0) is 25.0. The number of fused-ring (bicyclic) bond motifs is 1. The molecule has 0 amide bonds. The average molecular weight is 512 g/mol. The van der Waals surface area contributed by atoms with Crippen LogP contribution in [0, 0.1) is 5.82 Å². The van der Waals surface area contributed by atoms with E-state index >= 15 is 0 Å². The molecule has 1 aliphatic heterocycles. The largest absolute Gasteiger partial charge is 0.438 e. The number of benzene rings is 2. The van der Waals surface area contributed by atoms with Crippen LogP contribution in [0.4, 0.5) is 17.6 Å². The first-order valence-corrected chi connectivity index (χ1v) is 12.4. The van der Waals surface area contributed by atoms with Gasteiger partial charge in [0.2, 0.25) is 5.71 Å². The van der Waals surface area contributed by atoms with Gasteiger partial charge in [-0.25, -0.2) is 14.4 Å². The highest BCUT2D eigenvalue weighted by Gasteiger charge is 2.34. The van der Waals surface area contributed by atoms with Gasteiger partial charge in [0, 0.05) is 45.2 Å². The quantitative estimate of drug-likeness (QED) is 0.281.